The van der Waals surface area contributed by atoms with Crippen LogP contribution < -0.4 is 0 Å². The Morgan fingerprint density at radius 3 is 2.56 bits per heavy atom. The maximum atomic E-state index is 13.2. The number of carbonyl (C=O) groups is 1. The first kappa shape index (κ1) is 15.3. The fourth-order valence-electron chi connectivity index (χ4n) is 3.32. The normalized spacial score (nSPS) is 11.3. The van der Waals surface area contributed by atoms with Gasteiger partial charge in [-0.25, -0.2) is 14.2 Å². The highest BCUT2D eigenvalue weighted by Gasteiger charge is 2.17. The minimum Gasteiger partial charge on any atom is -0.477 e. The highest BCUT2D eigenvalue weighted by molar-refractivity contribution is 6.10. The lowest BCUT2D eigenvalue weighted by atomic mass is 10.1. The molecule has 124 valence electrons. The number of aromatic carboxylic acids is 1. The van der Waals surface area contributed by atoms with Gasteiger partial charge in [-0.15, -0.1) is 0 Å². The van der Waals surface area contributed by atoms with E-state index in [0.29, 0.717) is 12.2 Å². The topological polar surface area (TPSA) is 55.1 Å². The van der Waals surface area contributed by atoms with Crippen molar-refractivity contribution >= 4 is 27.8 Å². The molecule has 0 unspecified atom stereocenters. The number of benzene rings is 2. The van der Waals surface area contributed by atoms with Crippen molar-refractivity contribution < 1.29 is 14.3 Å². The van der Waals surface area contributed by atoms with Gasteiger partial charge in [-0.3, -0.25) is 0 Å². The molecule has 0 radical (unpaired) electrons. The van der Waals surface area contributed by atoms with Gasteiger partial charge in [-0.1, -0.05) is 30.3 Å². The van der Waals surface area contributed by atoms with Crippen molar-refractivity contribution in [3.8, 4) is 0 Å². The average molecular weight is 334 g/mol. The van der Waals surface area contributed by atoms with Crippen LogP contribution in [0.25, 0.3) is 21.8 Å². The molecular formula is C20H15FN2O2. The number of hydrogen-bond acceptors (Lipinski definition) is 2. The smallest absolute Gasteiger partial charge is 0.354 e. The Hall–Kier alpha value is -3.21. The Kier molecular flexibility index (Phi) is 3.50. The lowest BCUT2D eigenvalue weighted by Gasteiger charge is -2.09. The van der Waals surface area contributed by atoms with E-state index in [4.69, 9.17) is 0 Å². The van der Waals surface area contributed by atoms with Gasteiger partial charge in [-0.2, -0.15) is 0 Å². The Morgan fingerprint density at radius 2 is 1.84 bits per heavy atom. The van der Waals surface area contributed by atoms with Crippen molar-refractivity contribution in [2.24, 2.45) is 0 Å². The molecule has 1 N–H and O–H groups in total. The van der Waals surface area contributed by atoms with Crippen LogP contribution in [0.3, 0.4) is 0 Å². The van der Waals surface area contributed by atoms with Gasteiger partial charge in [-0.05, 0) is 36.8 Å². The monoisotopic (exact) mass is 334 g/mol. The van der Waals surface area contributed by atoms with Crippen LogP contribution in [0.5, 0.6) is 0 Å². The van der Waals surface area contributed by atoms with Gasteiger partial charge in [0.15, 0.2) is 0 Å². The third-order valence-corrected chi connectivity index (χ3v) is 4.40. The SMILES string of the molecule is Cc1nc(C(=O)O)cc2c3ccccc3n(Cc3ccc(F)cc3)c12. The quantitative estimate of drug-likeness (QED) is 0.605. The molecule has 0 aliphatic heterocycles. The fourth-order valence-corrected chi connectivity index (χ4v) is 3.32. The summed E-state index contributed by atoms with van der Waals surface area (Å²) in [5.74, 6) is -1.31. The van der Waals surface area contributed by atoms with Gasteiger partial charge >= 0.3 is 5.97 Å². The van der Waals surface area contributed by atoms with E-state index in [1.54, 1.807) is 18.2 Å². The van der Waals surface area contributed by atoms with Gasteiger partial charge in [0.1, 0.15) is 11.5 Å². The molecule has 0 saturated heterocycles. The summed E-state index contributed by atoms with van der Waals surface area (Å²) in [5.41, 5.74) is 3.55. The van der Waals surface area contributed by atoms with Crippen LogP contribution in [0.2, 0.25) is 0 Å². The van der Waals surface area contributed by atoms with E-state index in [2.05, 4.69) is 9.55 Å². The maximum absolute atomic E-state index is 13.2. The number of fused-ring (bicyclic) bond motifs is 3. The van der Waals surface area contributed by atoms with Crippen molar-refractivity contribution in [2.45, 2.75) is 13.5 Å². The molecule has 0 atom stereocenters. The number of aromatic nitrogens is 2. The molecule has 0 aliphatic carbocycles. The Labute approximate surface area is 143 Å². The van der Waals surface area contributed by atoms with Gasteiger partial charge in [0, 0.05) is 22.8 Å². The predicted octanol–water partition coefficient (Wildman–Crippen LogP) is 4.38. The summed E-state index contributed by atoms with van der Waals surface area (Å²) in [6.45, 7) is 2.37. The zero-order valence-electron chi connectivity index (χ0n) is 13.5. The molecular weight excluding hydrogens is 319 g/mol. The number of nitrogens with zero attached hydrogens (tertiary/aromatic N) is 2. The lowest BCUT2D eigenvalue weighted by molar-refractivity contribution is 0.0690. The van der Waals surface area contributed by atoms with Crippen LogP contribution in [0, 0.1) is 12.7 Å². The van der Waals surface area contributed by atoms with Crippen LogP contribution >= 0.6 is 0 Å². The number of rotatable bonds is 3. The highest BCUT2D eigenvalue weighted by atomic mass is 19.1. The Balaban J connectivity index is 2.01. The summed E-state index contributed by atoms with van der Waals surface area (Å²) in [4.78, 5) is 15.6. The third kappa shape index (κ3) is 2.54. The fraction of sp³-hybridized carbons (Fsp3) is 0.100. The number of para-hydroxylation sites is 1. The molecule has 25 heavy (non-hydrogen) atoms. The highest BCUT2D eigenvalue weighted by Crippen LogP contribution is 2.31. The molecule has 4 aromatic rings. The van der Waals surface area contributed by atoms with E-state index in [1.807, 2.05) is 31.2 Å². The van der Waals surface area contributed by atoms with Gasteiger partial charge in [0.25, 0.3) is 0 Å². The van der Waals surface area contributed by atoms with Crippen molar-refractivity contribution in [1.29, 1.82) is 0 Å². The zero-order valence-corrected chi connectivity index (χ0v) is 13.5. The third-order valence-electron chi connectivity index (χ3n) is 4.40. The number of pyridine rings is 1. The maximum Gasteiger partial charge on any atom is 0.354 e. The second-order valence-corrected chi connectivity index (χ2v) is 6.02. The number of aryl methyl sites for hydroxylation is 1. The van der Waals surface area contributed by atoms with E-state index in [-0.39, 0.29) is 11.5 Å². The number of hydrogen-bond donors (Lipinski definition) is 1. The molecule has 4 rings (SSSR count). The first-order valence-electron chi connectivity index (χ1n) is 7.91. The lowest BCUT2D eigenvalue weighted by Crippen LogP contribution is -2.05. The van der Waals surface area contributed by atoms with Crippen LogP contribution in [0.15, 0.2) is 54.6 Å². The largest absolute Gasteiger partial charge is 0.477 e. The van der Waals surface area contributed by atoms with Crippen molar-refractivity contribution in [3.05, 3.63) is 77.4 Å². The molecule has 0 fully saturated rings. The van der Waals surface area contributed by atoms with E-state index >= 15 is 0 Å². The second kappa shape index (κ2) is 5.70. The van der Waals surface area contributed by atoms with Crippen molar-refractivity contribution in [1.82, 2.24) is 9.55 Å². The molecule has 2 aromatic heterocycles. The summed E-state index contributed by atoms with van der Waals surface area (Å²) < 4.78 is 15.3. The predicted molar refractivity (Wildman–Crippen MR) is 94.4 cm³/mol. The molecule has 4 nitrogen and oxygen atoms in total. The van der Waals surface area contributed by atoms with E-state index in [9.17, 15) is 14.3 Å². The standard InChI is InChI=1S/C20H15FN2O2/c1-12-19-16(10-17(22-12)20(24)25)15-4-2-3-5-18(15)23(19)11-13-6-8-14(21)9-7-13/h2-10H,11H2,1H3,(H,24,25). The molecule has 0 spiro atoms. The summed E-state index contributed by atoms with van der Waals surface area (Å²) in [5, 5.41) is 11.1. The van der Waals surface area contributed by atoms with Gasteiger partial charge in [0.05, 0.1) is 11.2 Å². The molecule has 0 saturated carbocycles. The number of carboxylic acid groups (broad SMARTS) is 1. The van der Waals surface area contributed by atoms with Crippen LogP contribution in [-0.2, 0) is 6.54 Å². The minimum absolute atomic E-state index is 0.0367. The van der Waals surface area contributed by atoms with Crippen LogP contribution in [0.1, 0.15) is 21.7 Å². The first-order chi connectivity index (χ1) is 12.0. The van der Waals surface area contributed by atoms with Crippen LogP contribution in [-0.4, -0.2) is 20.6 Å². The van der Waals surface area contributed by atoms with Crippen LogP contribution in [0.4, 0.5) is 4.39 Å². The van der Waals surface area contributed by atoms with E-state index in [0.717, 1.165) is 27.4 Å². The molecule has 2 heterocycles. The molecule has 5 heteroatoms. The van der Waals surface area contributed by atoms with E-state index < -0.39 is 5.97 Å². The van der Waals surface area contributed by atoms with Gasteiger partial charge in [0.2, 0.25) is 0 Å². The number of halogens is 1. The number of carboxylic acids is 1. The summed E-state index contributed by atoms with van der Waals surface area (Å²) >= 11 is 0. The summed E-state index contributed by atoms with van der Waals surface area (Å²) in [6.07, 6.45) is 0. The minimum atomic E-state index is -1.04. The molecule has 0 aliphatic rings. The van der Waals surface area contributed by atoms with E-state index in [1.165, 1.54) is 12.1 Å². The Bertz CT molecular complexity index is 1110. The molecule has 0 amide bonds. The zero-order chi connectivity index (χ0) is 17.6. The molecule has 0 bridgehead atoms. The van der Waals surface area contributed by atoms with Crippen molar-refractivity contribution in [3.63, 3.8) is 0 Å². The van der Waals surface area contributed by atoms with Gasteiger partial charge < -0.3 is 9.67 Å². The second-order valence-electron chi connectivity index (χ2n) is 6.02. The Morgan fingerprint density at radius 1 is 1.12 bits per heavy atom. The average Bonchev–Trinajstić information content (AvgIpc) is 2.92. The molecule has 2 aromatic carbocycles. The van der Waals surface area contributed by atoms with Crippen molar-refractivity contribution in [2.75, 3.05) is 0 Å². The first-order valence-corrected chi connectivity index (χ1v) is 7.91. The summed E-state index contributed by atoms with van der Waals surface area (Å²) in [6, 6.07) is 15.9. The summed E-state index contributed by atoms with van der Waals surface area (Å²) in [7, 11) is 0.